The fraction of sp³-hybridized carbons (Fsp3) is 0.500. The summed E-state index contributed by atoms with van der Waals surface area (Å²) in [5.41, 5.74) is 0. The number of aromatic nitrogens is 1. The second kappa shape index (κ2) is 4.96. The molecule has 0 aliphatic carbocycles. The first-order chi connectivity index (χ1) is 7.77. The van der Waals surface area contributed by atoms with Crippen molar-refractivity contribution in [2.45, 2.75) is 25.9 Å². The molecule has 1 aromatic heterocycles. The van der Waals surface area contributed by atoms with Crippen molar-refractivity contribution in [2.75, 3.05) is 13.1 Å². The van der Waals surface area contributed by atoms with Crippen LogP contribution in [0.4, 0.5) is 0 Å². The molecule has 1 aliphatic rings. The number of hydrogen-bond donors (Lipinski definition) is 0. The van der Waals surface area contributed by atoms with Crippen LogP contribution in [0.3, 0.4) is 0 Å². The molecule has 1 fully saturated rings. The number of carbonyl (C=O) groups is 1. The largest absolute Gasteiger partial charge is 0.479 e. The minimum Gasteiger partial charge on any atom is -0.479 e. The SMILES string of the molecule is CC(Oc1cccnc1)C(=O)N1CCCC1. The van der Waals surface area contributed by atoms with Gasteiger partial charge in [-0.25, -0.2) is 0 Å². The van der Waals surface area contributed by atoms with Crippen LogP contribution < -0.4 is 4.74 Å². The van der Waals surface area contributed by atoms with E-state index in [0.29, 0.717) is 5.75 Å². The lowest BCUT2D eigenvalue weighted by molar-refractivity contribution is -0.136. The molecule has 16 heavy (non-hydrogen) atoms. The maximum atomic E-state index is 11.9. The van der Waals surface area contributed by atoms with Gasteiger partial charge in [0.05, 0.1) is 6.20 Å². The van der Waals surface area contributed by atoms with Crippen LogP contribution in [0.25, 0.3) is 0 Å². The van der Waals surface area contributed by atoms with Gasteiger partial charge < -0.3 is 9.64 Å². The molecule has 1 aromatic rings. The summed E-state index contributed by atoms with van der Waals surface area (Å²) in [6.45, 7) is 3.51. The molecule has 2 rings (SSSR count). The predicted molar refractivity (Wildman–Crippen MR) is 60.1 cm³/mol. The molecule has 0 N–H and O–H groups in total. The van der Waals surface area contributed by atoms with Gasteiger partial charge in [-0.1, -0.05) is 0 Å². The molecule has 0 aromatic carbocycles. The maximum Gasteiger partial charge on any atom is 0.263 e. The Morgan fingerprint density at radius 2 is 2.25 bits per heavy atom. The van der Waals surface area contributed by atoms with Gasteiger partial charge in [-0.2, -0.15) is 0 Å². The molecular formula is C12H16N2O2. The fourth-order valence-corrected chi connectivity index (χ4v) is 1.87. The first kappa shape index (κ1) is 10.9. The normalized spacial score (nSPS) is 17.2. The lowest BCUT2D eigenvalue weighted by atomic mass is 10.3. The number of ether oxygens (including phenoxy) is 1. The van der Waals surface area contributed by atoms with Crippen LogP contribution in [0.2, 0.25) is 0 Å². The van der Waals surface area contributed by atoms with E-state index in [1.807, 2.05) is 4.90 Å². The first-order valence-corrected chi connectivity index (χ1v) is 5.63. The van der Waals surface area contributed by atoms with Crippen LogP contribution >= 0.6 is 0 Å². The first-order valence-electron chi connectivity index (χ1n) is 5.63. The van der Waals surface area contributed by atoms with Crippen molar-refractivity contribution < 1.29 is 9.53 Å². The van der Waals surface area contributed by atoms with E-state index < -0.39 is 6.10 Å². The summed E-state index contributed by atoms with van der Waals surface area (Å²) in [5, 5.41) is 0. The van der Waals surface area contributed by atoms with Crippen molar-refractivity contribution in [2.24, 2.45) is 0 Å². The summed E-state index contributed by atoms with van der Waals surface area (Å²) >= 11 is 0. The number of rotatable bonds is 3. The molecule has 1 aliphatic heterocycles. The van der Waals surface area contributed by atoms with Crippen molar-refractivity contribution in [3.05, 3.63) is 24.5 Å². The monoisotopic (exact) mass is 220 g/mol. The van der Waals surface area contributed by atoms with E-state index in [1.54, 1.807) is 31.5 Å². The molecule has 1 amide bonds. The second-order valence-electron chi connectivity index (χ2n) is 3.98. The van der Waals surface area contributed by atoms with E-state index >= 15 is 0 Å². The quantitative estimate of drug-likeness (QED) is 0.774. The lowest BCUT2D eigenvalue weighted by Crippen LogP contribution is -2.38. The number of pyridine rings is 1. The Hall–Kier alpha value is -1.58. The molecule has 1 atom stereocenters. The minimum atomic E-state index is -0.428. The maximum absolute atomic E-state index is 11.9. The molecule has 0 radical (unpaired) electrons. The lowest BCUT2D eigenvalue weighted by Gasteiger charge is -2.20. The molecule has 0 spiro atoms. The van der Waals surface area contributed by atoms with Gasteiger partial charge in [-0.15, -0.1) is 0 Å². The fourth-order valence-electron chi connectivity index (χ4n) is 1.87. The highest BCUT2D eigenvalue weighted by atomic mass is 16.5. The van der Waals surface area contributed by atoms with E-state index in [0.717, 1.165) is 25.9 Å². The molecule has 4 nitrogen and oxygen atoms in total. The van der Waals surface area contributed by atoms with Gasteiger partial charge in [0.15, 0.2) is 6.10 Å². The minimum absolute atomic E-state index is 0.0707. The number of amides is 1. The van der Waals surface area contributed by atoms with E-state index in [2.05, 4.69) is 4.98 Å². The summed E-state index contributed by atoms with van der Waals surface area (Å²) in [4.78, 5) is 17.7. The summed E-state index contributed by atoms with van der Waals surface area (Å²) in [6.07, 6.45) is 5.08. The van der Waals surface area contributed by atoms with Crippen molar-refractivity contribution >= 4 is 5.91 Å². The van der Waals surface area contributed by atoms with Gasteiger partial charge in [-0.05, 0) is 31.9 Å². The predicted octanol–water partition coefficient (Wildman–Crippen LogP) is 1.47. The van der Waals surface area contributed by atoms with Crippen molar-refractivity contribution in [3.8, 4) is 5.75 Å². The van der Waals surface area contributed by atoms with Crippen LogP contribution in [0.5, 0.6) is 5.75 Å². The molecule has 2 heterocycles. The van der Waals surface area contributed by atoms with Crippen LogP contribution in [-0.2, 0) is 4.79 Å². The van der Waals surface area contributed by atoms with E-state index in [9.17, 15) is 4.79 Å². The summed E-state index contributed by atoms with van der Waals surface area (Å²) in [5.74, 6) is 0.712. The van der Waals surface area contributed by atoms with Gasteiger partial charge in [0.2, 0.25) is 0 Å². The number of nitrogens with zero attached hydrogens (tertiary/aromatic N) is 2. The van der Waals surface area contributed by atoms with Gasteiger partial charge >= 0.3 is 0 Å². The third-order valence-corrected chi connectivity index (χ3v) is 2.71. The zero-order valence-electron chi connectivity index (χ0n) is 9.43. The molecule has 86 valence electrons. The Labute approximate surface area is 95.2 Å². The summed E-state index contributed by atoms with van der Waals surface area (Å²) < 4.78 is 5.53. The number of hydrogen-bond acceptors (Lipinski definition) is 3. The Balaban J connectivity index is 1.92. The standard InChI is InChI=1S/C12H16N2O2/c1-10(12(15)14-7-2-3-8-14)16-11-5-4-6-13-9-11/h4-6,9-10H,2-3,7-8H2,1H3. The third-order valence-electron chi connectivity index (χ3n) is 2.71. The Morgan fingerprint density at radius 3 is 2.88 bits per heavy atom. The van der Waals surface area contributed by atoms with Crippen LogP contribution in [-0.4, -0.2) is 35.0 Å². The highest BCUT2D eigenvalue weighted by Crippen LogP contribution is 2.13. The average Bonchev–Trinajstić information content (AvgIpc) is 2.83. The molecule has 1 saturated heterocycles. The zero-order valence-corrected chi connectivity index (χ0v) is 9.43. The smallest absolute Gasteiger partial charge is 0.263 e. The van der Waals surface area contributed by atoms with Gasteiger partial charge in [0, 0.05) is 19.3 Å². The Bertz CT molecular complexity index is 347. The number of carbonyl (C=O) groups excluding carboxylic acids is 1. The molecule has 4 heteroatoms. The van der Waals surface area contributed by atoms with Crippen LogP contribution in [0.15, 0.2) is 24.5 Å². The summed E-state index contributed by atoms with van der Waals surface area (Å²) in [7, 11) is 0. The second-order valence-corrected chi connectivity index (χ2v) is 3.98. The van der Waals surface area contributed by atoms with E-state index in [4.69, 9.17) is 4.74 Å². The molecule has 0 bridgehead atoms. The highest BCUT2D eigenvalue weighted by Gasteiger charge is 2.24. The zero-order chi connectivity index (χ0) is 11.4. The molecule has 1 unspecified atom stereocenters. The summed E-state index contributed by atoms with van der Waals surface area (Å²) in [6, 6.07) is 3.60. The van der Waals surface area contributed by atoms with Gasteiger partial charge in [0.1, 0.15) is 5.75 Å². The van der Waals surface area contributed by atoms with Crippen LogP contribution in [0, 0.1) is 0 Å². The molecular weight excluding hydrogens is 204 g/mol. The topological polar surface area (TPSA) is 42.4 Å². The third kappa shape index (κ3) is 2.51. The van der Waals surface area contributed by atoms with Crippen molar-refractivity contribution in [1.82, 2.24) is 9.88 Å². The highest BCUT2D eigenvalue weighted by molar-refractivity contribution is 5.81. The molecule has 0 saturated carbocycles. The van der Waals surface area contributed by atoms with Gasteiger partial charge in [0.25, 0.3) is 5.91 Å². The Kier molecular flexibility index (Phi) is 3.39. The van der Waals surface area contributed by atoms with Gasteiger partial charge in [-0.3, -0.25) is 9.78 Å². The van der Waals surface area contributed by atoms with E-state index in [1.165, 1.54) is 0 Å². The number of likely N-dealkylation sites (tertiary alicyclic amines) is 1. The van der Waals surface area contributed by atoms with Crippen LogP contribution in [0.1, 0.15) is 19.8 Å². The van der Waals surface area contributed by atoms with Crippen molar-refractivity contribution in [1.29, 1.82) is 0 Å². The average molecular weight is 220 g/mol. The van der Waals surface area contributed by atoms with E-state index in [-0.39, 0.29) is 5.91 Å². The Morgan fingerprint density at radius 1 is 1.50 bits per heavy atom. The van der Waals surface area contributed by atoms with Crippen molar-refractivity contribution in [3.63, 3.8) is 0 Å².